The Morgan fingerprint density at radius 1 is 1.21 bits per heavy atom. The van der Waals surface area contributed by atoms with Gasteiger partial charge in [-0.05, 0) is 37.1 Å². The van der Waals surface area contributed by atoms with Crippen molar-refractivity contribution in [1.82, 2.24) is 20.6 Å². The first-order chi connectivity index (χ1) is 13.9. The van der Waals surface area contributed by atoms with Crippen molar-refractivity contribution in [3.8, 4) is 11.3 Å². The second-order valence-corrected chi connectivity index (χ2v) is 7.69. The number of aromatic nitrogens is 2. The minimum atomic E-state index is -0.332. The van der Waals surface area contributed by atoms with E-state index in [1.165, 1.54) is 11.3 Å². The van der Waals surface area contributed by atoms with Crippen molar-refractivity contribution in [2.75, 3.05) is 18.8 Å². The highest BCUT2D eigenvalue weighted by molar-refractivity contribution is 7.20. The number of aryl methyl sites for hydroxylation is 1. The van der Waals surface area contributed by atoms with Gasteiger partial charge in [0.1, 0.15) is 4.83 Å². The van der Waals surface area contributed by atoms with Gasteiger partial charge in [0, 0.05) is 37.0 Å². The van der Waals surface area contributed by atoms with Gasteiger partial charge in [-0.25, -0.2) is 9.97 Å². The second kappa shape index (κ2) is 8.97. The van der Waals surface area contributed by atoms with E-state index in [0.717, 1.165) is 22.1 Å². The van der Waals surface area contributed by atoms with Crippen LogP contribution in [0.15, 0.2) is 24.3 Å². The summed E-state index contributed by atoms with van der Waals surface area (Å²) in [6.45, 7) is 5.54. The number of fused-ring (bicyclic) bond motifs is 1. The predicted molar refractivity (Wildman–Crippen MR) is 116 cm³/mol. The van der Waals surface area contributed by atoms with E-state index in [9.17, 15) is 9.59 Å². The third-order valence-electron chi connectivity index (χ3n) is 4.41. The van der Waals surface area contributed by atoms with E-state index >= 15 is 0 Å². The molecule has 0 spiro atoms. The Morgan fingerprint density at radius 2 is 2.00 bits per heavy atom. The first kappa shape index (κ1) is 20.7. The molecule has 0 atom stereocenters. The molecule has 2 amide bonds. The van der Waals surface area contributed by atoms with Crippen molar-refractivity contribution >= 4 is 39.3 Å². The lowest BCUT2D eigenvalue weighted by molar-refractivity contribution is -0.117. The first-order valence-electron chi connectivity index (χ1n) is 9.33. The summed E-state index contributed by atoms with van der Waals surface area (Å²) in [6, 6.07) is 7.89. The molecule has 152 valence electrons. The monoisotopic (exact) mass is 412 g/mol. The molecule has 3 rings (SSSR count). The minimum absolute atomic E-state index is 0.135. The number of carbonyl (C=O) groups excluding carboxylic acids is 2. The molecule has 0 aliphatic heterocycles. The molecule has 0 saturated heterocycles. The molecule has 3 aromatic rings. The van der Waals surface area contributed by atoms with E-state index in [0.29, 0.717) is 41.5 Å². The minimum Gasteiger partial charge on any atom is -0.370 e. The summed E-state index contributed by atoms with van der Waals surface area (Å²) < 4.78 is 0. The highest BCUT2D eigenvalue weighted by Gasteiger charge is 2.17. The Labute approximate surface area is 172 Å². The third kappa shape index (κ3) is 4.87. The van der Waals surface area contributed by atoms with Gasteiger partial charge in [-0.1, -0.05) is 12.1 Å². The van der Waals surface area contributed by atoms with Crippen LogP contribution in [0.25, 0.3) is 21.5 Å². The van der Waals surface area contributed by atoms with Crippen LogP contribution < -0.4 is 22.1 Å². The number of benzene rings is 1. The molecule has 1 aromatic carbocycles. The van der Waals surface area contributed by atoms with Gasteiger partial charge >= 0.3 is 0 Å². The average molecular weight is 413 g/mol. The summed E-state index contributed by atoms with van der Waals surface area (Å²) in [7, 11) is 0. The number of primary amides is 1. The topological polar surface area (TPSA) is 136 Å². The number of carbonyl (C=O) groups is 2. The molecule has 2 aromatic heterocycles. The number of nitrogen functional groups attached to an aromatic ring is 1. The number of nitrogens with zero attached hydrogens (tertiary/aromatic N) is 2. The smallest absolute Gasteiger partial charge is 0.261 e. The Bertz CT molecular complexity index is 1060. The van der Waals surface area contributed by atoms with E-state index in [4.69, 9.17) is 11.5 Å². The molecule has 0 aliphatic rings. The van der Waals surface area contributed by atoms with Gasteiger partial charge in [0.25, 0.3) is 5.91 Å². The highest BCUT2D eigenvalue weighted by atomic mass is 32.1. The molecule has 9 heteroatoms. The van der Waals surface area contributed by atoms with E-state index in [1.54, 1.807) is 0 Å². The lowest BCUT2D eigenvalue weighted by Gasteiger charge is -2.11. The molecule has 2 heterocycles. The zero-order valence-electron chi connectivity index (χ0n) is 16.4. The van der Waals surface area contributed by atoms with E-state index in [-0.39, 0.29) is 17.8 Å². The maximum atomic E-state index is 12.2. The number of anilines is 1. The van der Waals surface area contributed by atoms with E-state index in [2.05, 4.69) is 20.6 Å². The fourth-order valence-corrected chi connectivity index (χ4v) is 3.94. The molecule has 0 aliphatic carbocycles. The summed E-state index contributed by atoms with van der Waals surface area (Å²) in [5, 5.41) is 6.81. The number of amides is 2. The lowest BCUT2D eigenvalue weighted by atomic mass is 10.00. The van der Waals surface area contributed by atoms with Crippen molar-refractivity contribution in [2.45, 2.75) is 26.8 Å². The van der Waals surface area contributed by atoms with Crippen LogP contribution in [-0.4, -0.2) is 34.9 Å². The fourth-order valence-electron chi connectivity index (χ4n) is 2.98. The van der Waals surface area contributed by atoms with Crippen LogP contribution in [-0.2, 0) is 11.3 Å². The first-order valence-corrected chi connectivity index (χ1v) is 10.1. The number of rotatable bonds is 8. The lowest BCUT2D eigenvalue weighted by Crippen LogP contribution is -2.21. The van der Waals surface area contributed by atoms with Crippen LogP contribution in [0.5, 0.6) is 0 Å². The maximum Gasteiger partial charge on any atom is 0.261 e. The fraction of sp³-hybridized carbons (Fsp3) is 0.300. The quantitative estimate of drug-likeness (QED) is 0.418. The molecule has 29 heavy (non-hydrogen) atoms. The van der Waals surface area contributed by atoms with Crippen LogP contribution in [0.1, 0.15) is 34.1 Å². The molecule has 0 bridgehead atoms. The second-order valence-electron chi connectivity index (χ2n) is 6.66. The van der Waals surface area contributed by atoms with Crippen LogP contribution in [0, 0.1) is 6.92 Å². The van der Waals surface area contributed by atoms with Crippen molar-refractivity contribution in [3.63, 3.8) is 0 Å². The molecule has 6 N–H and O–H groups in total. The zero-order chi connectivity index (χ0) is 21.0. The van der Waals surface area contributed by atoms with Crippen LogP contribution in [0.4, 0.5) is 5.95 Å². The van der Waals surface area contributed by atoms with Crippen molar-refractivity contribution in [3.05, 3.63) is 40.3 Å². The Kier molecular flexibility index (Phi) is 6.40. The Morgan fingerprint density at radius 3 is 2.72 bits per heavy atom. The molecule has 0 fully saturated rings. The number of nitrogens with one attached hydrogen (secondary N) is 2. The van der Waals surface area contributed by atoms with Crippen LogP contribution >= 0.6 is 11.3 Å². The van der Waals surface area contributed by atoms with Crippen molar-refractivity contribution < 1.29 is 9.59 Å². The number of nitrogens with two attached hydrogens (primary N) is 2. The van der Waals surface area contributed by atoms with Gasteiger partial charge in [0.15, 0.2) is 0 Å². The molecule has 0 saturated carbocycles. The van der Waals surface area contributed by atoms with Gasteiger partial charge in [0.2, 0.25) is 11.9 Å². The third-order valence-corrected chi connectivity index (χ3v) is 5.43. The zero-order valence-corrected chi connectivity index (χ0v) is 17.2. The molecule has 0 unspecified atom stereocenters. The molecule has 0 radical (unpaired) electrons. The Balaban J connectivity index is 1.97. The van der Waals surface area contributed by atoms with Gasteiger partial charge < -0.3 is 22.1 Å². The SMILES string of the molecule is CCNC(=O)c1cc2c(-c3cc(CNCCC(N)=O)ccc3C)nc(N)nc2s1. The summed E-state index contributed by atoms with van der Waals surface area (Å²) in [5.74, 6) is -0.299. The summed E-state index contributed by atoms with van der Waals surface area (Å²) in [4.78, 5) is 33.1. The van der Waals surface area contributed by atoms with Crippen molar-refractivity contribution in [1.29, 1.82) is 0 Å². The van der Waals surface area contributed by atoms with Crippen LogP contribution in [0.2, 0.25) is 0 Å². The summed E-state index contributed by atoms with van der Waals surface area (Å²) in [5.41, 5.74) is 14.8. The standard InChI is InChI=1S/C20H24N6O2S/c1-3-24-18(28)15-9-14-17(25-20(22)26-19(14)29-15)13-8-12(5-4-11(13)2)10-23-7-6-16(21)27/h4-5,8-9,23H,3,6-7,10H2,1-2H3,(H2,21,27)(H,24,28)(H2,22,25,26). The number of thiophene rings is 1. The molecule has 8 nitrogen and oxygen atoms in total. The maximum absolute atomic E-state index is 12.2. The molecular formula is C20H24N6O2S. The number of hydrogen-bond donors (Lipinski definition) is 4. The van der Waals surface area contributed by atoms with Gasteiger partial charge in [0.05, 0.1) is 10.6 Å². The van der Waals surface area contributed by atoms with E-state index in [1.807, 2.05) is 38.1 Å². The van der Waals surface area contributed by atoms with Gasteiger partial charge in [-0.2, -0.15) is 0 Å². The average Bonchev–Trinajstić information content (AvgIpc) is 3.10. The van der Waals surface area contributed by atoms with Crippen molar-refractivity contribution in [2.24, 2.45) is 5.73 Å². The predicted octanol–water partition coefficient (Wildman–Crippen LogP) is 1.96. The summed E-state index contributed by atoms with van der Waals surface area (Å²) >= 11 is 1.30. The molecular weight excluding hydrogens is 388 g/mol. The number of hydrogen-bond acceptors (Lipinski definition) is 7. The normalized spacial score (nSPS) is 11.0. The van der Waals surface area contributed by atoms with E-state index < -0.39 is 0 Å². The summed E-state index contributed by atoms with van der Waals surface area (Å²) in [6.07, 6.45) is 0.291. The largest absolute Gasteiger partial charge is 0.370 e. The Hall–Kier alpha value is -3.04. The van der Waals surface area contributed by atoms with Gasteiger partial charge in [-0.15, -0.1) is 11.3 Å². The highest BCUT2D eigenvalue weighted by Crippen LogP contribution is 2.34. The van der Waals surface area contributed by atoms with Crippen LogP contribution in [0.3, 0.4) is 0 Å². The van der Waals surface area contributed by atoms with Gasteiger partial charge in [-0.3, -0.25) is 9.59 Å².